The molecular weight excluding hydrogens is 506 g/mol. The quantitative estimate of drug-likeness (QED) is 0.433. The van der Waals surface area contributed by atoms with Crippen molar-refractivity contribution in [1.82, 2.24) is 10.2 Å². The molecule has 0 unspecified atom stereocenters. The van der Waals surface area contributed by atoms with Gasteiger partial charge < -0.3 is 20.9 Å². The maximum atomic E-state index is 14.0. The molecule has 1 fully saturated rings. The number of fused-ring (bicyclic) bond motifs is 2. The van der Waals surface area contributed by atoms with Gasteiger partial charge in [-0.3, -0.25) is 19.2 Å². The Bertz CT molecular complexity index is 1530. The molecule has 0 saturated carbocycles. The predicted octanol–water partition coefficient (Wildman–Crippen LogP) is 2.98. The first kappa shape index (κ1) is 26.6. The van der Waals surface area contributed by atoms with Crippen LogP contribution in [0.25, 0.3) is 0 Å². The van der Waals surface area contributed by atoms with Crippen molar-refractivity contribution in [3.63, 3.8) is 0 Å². The summed E-state index contributed by atoms with van der Waals surface area (Å²) in [4.78, 5) is 54.5. The second kappa shape index (κ2) is 10.7. The minimum atomic E-state index is -1.13. The molecule has 9 heteroatoms. The van der Waals surface area contributed by atoms with Crippen LogP contribution in [0.5, 0.6) is 0 Å². The van der Waals surface area contributed by atoms with Gasteiger partial charge in [0.05, 0.1) is 11.5 Å². The largest absolute Gasteiger partial charge is 0.336 e. The second-order valence-electron chi connectivity index (χ2n) is 10.3. The van der Waals surface area contributed by atoms with E-state index in [1.54, 1.807) is 6.07 Å². The van der Waals surface area contributed by atoms with Gasteiger partial charge in [0.2, 0.25) is 11.8 Å². The molecule has 9 nitrogen and oxygen atoms in total. The Morgan fingerprint density at radius 1 is 1.00 bits per heavy atom. The summed E-state index contributed by atoms with van der Waals surface area (Å²) in [6, 6.07) is 22.0. The molecule has 3 atom stereocenters. The van der Waals surface area contributed by atoms with E-state index in [0.29, 0.717) is 11.4 Å². The number of benzene rings is 3. The molecule has 3 aromatic carbocycles. The molecule has 2 heterocycles. The molecule has 0 aromatic heterocycles. The Hall–Kier alpha value is -4.97. The van der Waals surface area contributed by atoms with Gasteiger partial charge in [0.1, 0.15) is 12.1 Å². The van der Waals surface area contributed by atoms with Crippen molar-refractivity contribution in [2.24, 2.45) is 0 Å². The maximum absolute atomic E-state index is 14.0. The summed E-state index contributed by atoms with van der Waals surface area (Å²) in [5.74, 6) is -2.66. The van der Waals surface area contributed by atoms with E-state index < -0.39 is 35.2 Å². The van der Waals surface area contributed by atoms with Crippen LogP contribution < -0.4 is 16.0 Å². The Kier molecular flexibility index (Phi) is 7.09. The summed E-state index contributed by atoms with van der Waals surface area (Å²) >= 11 is 0. The number of nitrogens with zero attached hydrogens (tertiary/aromatic N) is 2. The molecule has 2 aliphatic heterocycles. The molecule has 202 valence electrons. The molecule has 5 rings (SSSR count). The fourth-order valence-electron chi connectivity index (χ4n) is 5.64. The molecule has 0 aliphatic carbocycles. The molecule has 0 radical (unpaired) electrons. The number of nitriles is 1. The van der Waals surface area contributed by atoms with E-state index in [1.165, 1.54) is 4.90 Å². The summed E-state index contributed by atoms with van der Waals surface area (Å²) in [5, 5.41) is 18.1. The van der Waals surface area contributed by atoms with Crippen LogP contribution in [0.15, 0.2) is 72.8 Å². The van der Waals surface area contributed by atoms with Crippen LogP contribution in [0.1, 0.15) is 28.7 Å². The third-order valence-corrected chi connectivity index (χ3v) is 7.73. The number of likely N-dealkylation sites (tertiary alicyclic amines) is 1. The molecule has 3 aromatic rings. The maximum Gasteiger partial charge on any atom is 0.313 e. The van der Waals surface area contributed by atoms with Gasteiger partial charge in [0.15, 0.2) is 0 Å². The lowest BCUT2D eigenvalue weighted by Crippen LogP contribution is -2.53. The van der Waals surface area contributed by atoms with E-state index >= 15 is 0 Å². The summed E-state index contributed by atoms with van der Waals surface area (Å²) in [5.41, 5.74) is 3.24. The zero-order chi connectivity index (χ0) is 28.4. The van der Waals surface area contributed by atoms with E-state index in [0.717, 1.165) is 22.3 Å². The third-order valence-electron chi connectivity index (χ3n) is 7.73. The summed E-state index contributed by atoms with van der Waals surface area (Å²) < 4.78 is 0. The van der Waals surface area contributed by atoms with Gasteiger partial charge in [-0.15, -0.1) is 0 Å². The highest BCUT2D eigenvalue weighted by molar-refractivity contribution is 6.40. The van der Waals surface area contributed by atoms with Gasteiger partial charge in [-0.2, -0.15) is 5.26 Å². The van der Waals surface area contributed by atoms with E-state index in [-0.39, 0.29) is 25.3 Å². The van der Waals surface area contributed by atoms with Crippen molar-refractivity contribution in [3.05, 3.63) is 95.1 Å². The van der Waals surface area contributed by atoms with Crippen molar-refractivity contribution < 1.29 is 19.2 Å². The number of rotatable bonds is 5. The first-order chi connectivity index (χ1) is 19.2. The van der Waals surface area contributed by atoms with Gasteiger partial charge in [0.25, 0.3) is 0 Å². The fourth-order valence-corrected chi connectivity index (χ4v) is 5.64. The number of carbonyl (C=O) groups excluding carboxylic acids is 4. The van der Waals surface area contributed by atoms with Crippen molar-refractivity contribution in [2.75, 3.05) is 17.2 Å². The number of nitrogens with one attached hydrogen (secondary N) is 3. The number of aryl methyl sites for hydroxylation is 2. The second-order valence-corrected chi connectivity index (χ2v) is 10.3. The molecular formula is C31H29N5O4. The molecule has 1 saturated heterocycles. The van der Waals surface area contributed by atoms with Gasteiger partial charge >= 0.3 is 11.8 Å². The highest BCUT2D eigenvalue weighted by atomic mass is 16.2. The highest BCUT2D eigenvalue weighted by Gasteiger charge is 2.56. The smallest absolute Gasteiger partial charge is 0.313 e. The standard InChI is InChI=1S/C31H29N5O4/c1-19-9-8-10-20(2)26(19)35-28(38)27(37)33-25(15-21-11-4-3-5-12-21)29(39)36-18-31(16-22(36)17-32)23-13-6-7-14-24(23)34-30(31)40/h3-14,22,25H,15-16,18H2,1-2H3,(H,33,37)(H,34,40)(H,35,38)/t22-,25-,31-/m0/s1. The van der Waals surface area contributed by atoms with Crippen LogP contribution in [-0.4, -0.2) is 47.2 Å². The van der Waals surface area contributed by atoms with Gasteiger partial charge in [-0.1, -0.05) is 66.7 Å². The Labute approximate surface area is 232 Å². The van der Waals surface area contributed by atoms with E-state index in [4.69, 9.17) is 0 Å². The average Bonchev–Trinajstić information content (AvgIpc) is 3.48. The zero-order valence-corrected chi connectivity index (χ0v) is 22.2. The molecule has 1 spiro atoms. The lowest BCUT2D eigenvalue weighted by atomic mass is 9.80. The number of para-hydroxylation sites is 2. The molecule has 2 aliphatic rings. The number of hydrogen-bond donors (Lipinski definition) is 3. The van der Waals surface area contributed by atoms with Crippen LogP contribution >= 0.6 is 0 Å². The van der Waals surface area contributed by atoms with E-state index in [9.17, 15) is 24.4 Å². The number of hydrogen-bond acceptors (Lipinski definition) is 5. The summed E-state index contributed by atoms with van der Waals surface area (Å²) in [6.07, 6.45) is 0.240. The van der Waals surface area contributed by atoms with Crippen molar-refractivity contribution in [3.8, 4) is 6.07 Å². The van der Waals surface area contributed by atoms with Crippen LogP contribution in [0.4, 0.5) is 11.4 Å². The number of anilines is 2. The van der Waals surface area contributed by atoms with Gasteiger partial charge in [0, 0.05) is 30.8 Å². The third kappa shape index (κ3) is 4.80. The number of carbonyl (C=O) groups is 4. The minimum absolute atomic E-state index is 0.0112. The molecule has 3 N–H and O–H groups in total. The Balaban J connectivity index is 1.41. The SMILES string of the molecule is Cc1cccc(C)c1NC(=O)C(=O)N[C@@H](Cc1ccccc1)C(=O)N1C[C@]2(C[C@H]1C#N)C(=O)Nc1ccccc12. The summed E-state index contributed by atoms with van der Waals surface area (Å²) in [6.45, 7) is 3.64. The Morgan fingerprint density at radius 3 is 2.38 bits per heavy atom. The molecule has 0 bridgehead atoms. The fraction of sp³-hybridized carbons (Fsp3) is 0.258. The molecule has 4 amide bonds. The van der Waals surface area contributed by atoms with Gasteiger partial charge in [-0.25, -0.2) is 0 Å². The monoisotopic (exact) mass is 535 g/mol. The van der Waals surface area contributed by atoms with Crippen LogP contribution in [0, 0.1) is 25.2 Å². The first-order valence-corrected chi connectivity index (χ1v) is 13.1. The lowest BCUT2D eigenvalue weighted by Gasteiger charge is -2.27. The minimum Gasteiger partial charge on any atom is -0.336 e. The normalized spacial score (nSPS) is 19.9. The van der Waals surface area contributed by atoms with E-state index in [2.05, 4.69) is 22.0 Å². The lowest BCUT2D eigenvalue weighted by molar-refractivity contribution is -0.140. The van der Waals surface area contributed by atoms with Crippen LogP contribution in [0.2, 0.25) is 0 Å². The topological polar surface area (TPSA) is 131 Å². The van der Waals surface area contributed by atoms with Crippen molar-refractivity contribution in [1.29, 1.82) is 5.26 Å². The van der Waals surface area contributed by atoms with E-state index in [1.807, 2.05) is 80.6 Å². The van der Waals surface area contributed by atoms with Gasteiger partial charge in [-0.05, 0) is 42.2 Å². The first-order valence-electron chi connectivity index (χ1n) is 13.1. The number of amides is 4. The van der Waals surface area contributed by atoms with Crippen molar-refractivity contribution >= 4 is 35.0 Å². The average molecular weight is 536 g/mol. The highest BCUT2D eigenvalue weighted by Crippen LogP contribution is 2.46. The van der Waals surface area contributed by atoms with Crippen LogP contribution in [0.3, 0.4) is 0 Å². The van der Waals surface area contributed by atoms with Crippen molar-refractivity contribution in [2.45, 2.75) is 44.2 Å². The zero-order valence-electron chi connectivity index (χ0n) is 22.2. The summed E-state index contributed by atoms with van der Waals surface area (Å²) in [7, 11) is 0. The predicted molar refractivity (Wildman–Crippen MR) is 149 cm³/mol. The van der Waals surface area contributed by atoms with Crippen LogP contribution in [-0.2, 0) is 31.0 Å². The molecule has 40 heavy (non-hydrogen) atoms. The Morgan fingerprint density at radius 2 is 1.68 bits per heavy atom.